The number of benzene rings is 1. The lowest BCUT2D eigenvalue weighted by Gasteiger charge is -2.18. The molecule has 0 aromatic heterocycles. The summed E-state index contributed by atoms with van der Waals surface area (Å²) in [7, 11) is 0. The van der Waals surface area contributed by atoms with Crippen molar-refractivity contribution in [3.8, 4) is 11.5 Å². The van der Waals surface area contributed by atoms with Gasteiger partial charge in [-0.25, -0.2) is 0 Å². The number of ether oxygens (including phenoxy) is 1. The van der Waals surface area contributed by atoms with Crippen molar-refractivity contribution in [2.75, 3.05) is 0 Å². The number of nitrogens with zero attached hydrogens (tertiary/aromatic N) is 1. The summed E-state index contributed by atoms with van der Waals surface area (Å²) in [6.45, 7) is 11.5. The molecule has 0 fully saturated rings. The van der Waals surface area contributed by atoms with E-state index in [4.69, 9.17) is 4.74 Å². The standard InChI is InChI=1S/C17H27NO3S/c1-12(2)21-16-11-14(9-10-15(16)19)8-7-13(3)18-22(20)17(4,5)6/h9-12,19H,7-8H2,1-6H3/b18-13-. The van der Waals surface area contributed by atoms with Gasteiger partial charge < -0.3 is 14.4 Å². The summed E-state index contributed by atoms with van der Waals surface area (Å²) in [4.78, 5) is 0. The maximum atomic E-state index is 12.0. The summed E-state index contributed by atoms with van der Waals surface area (Å²) in [5.74, 6) is 0.650. The zero-order valence-electron chi connectivity index (χ0n) is 14.3. The average Bonchev–Trinajstić information content (AvgIpc) is 2.38. The molecule has 1 rings (SSSR count). The predicted octanol–water partition coefficient (Wildman–Crippen LogP) is 4.04. The Morgan fingerprint density at radius 2 is 2.00 bits per heavy atom. The van der Waals surface area contributed by atoms with Crippen LogP contribution in [0.5, 0.6) is 11.5 Å². The number of hydrogen-bond donors (Lipinski definition) is 1. The lowest BCUT2D eigenvalue weighted by molar-refractivity contribution is 0.231. The van der Waals surface area contributed by atoms with Gasteiger partial charge >= 0.3 is 0 Å². The van der Waals surface area contributed by atoms with Gasteiger partial charge in [0.15, 0.2) is 11.5 Å². The summed E-state index contributed by atoms with van der Waals surface area (Å²) in [5.41, 5.74) is 1.93. The summed E-state index contributed by atoms with van der Waals surface area (Å²) < 4.78 is 21.5. The van der Waals surface area contributed by atoms with E-state index < -0.39 is 11.4 Å². The van der Waals surface area contributed by atoms with E-state index in [1.807, 2.05) is 53.7 Å². The summed E-state index contributed by atoms with van der Waals surface area (Å²) >= 11 is -1.22. The Morgan fingerprint density at radius 3 is 2.55 bits per heavy atom. The quantitative estimate of drug-likeness (QED) is 0.634. The van der Waals surface area contributed by atoms with Crippen LogP contribution >= 0.6 is 0 Å². The van der Waals surface area contributed by atoms with Gasteiger partial charge in [-0.1, -0.05) is 10.5 Å². The third-order valence-electron chi connectivity index (χ3n) is 2.92. The minimum absolute atomic E-state index is 0.0126. The molecule has 0 aliphatic heterocycles. The second-order valence-corrected chi connectivity index (χ2v) is 8.56. The van der Waals surface area contributed by atoms with Gasteiger partial charge in [-0.2, -0.15) is 0 Å². The first-order valence-corrected chi connectivity index (χ1v) is 8.65. The van der Waals surface area contributed by atoms with Gasteiger partial charge in [-0.05, 0) is 72.1 Å². The molecule has 1 aromatic rings. The van der Waals surface area contributed by atoms with Gasteiger partial charge in [0.2, 0.25) is 0 Å². The molecule has 0 saturated carbocycles. The molecule has 124 valence electrons. The van der Waals surface area contributed by atoms with E-state index >= 15 is 0 Å². The monoisotopic (exact) mass is 325 g/mol. The van der Waals surface area contributed by atoms with Gasteiger partial charge in [0.25, 0.3) is 0 Å². The van der Waals surface area contributed by atoms with E-state index in [9.17, 15) is 9.66 Å². The van der Waals surface area contributed by atoms with Crippen LogP contribution < -0.4 is 4.74 Å². The van der Waals surface area contributed by atoms with Crippen molar-refractivity contribution in [2.45, 2.75) is 65.2 Å². The maximum absolute atomic E-state index is 12.0. The topological polar surface area (TPSA) is 64.9 Å². The fourth-order valence-electron chi connectivity index (χ4n) is 1.71. The number of rotatable bonds is 6. The molecule has 1 atom stereocenters. The highest BCUT2D eigenvalue weighted by Gasteiger charge is 2.26. The molecule has 1 N–H and O–H groups in total. The minimum atomic E-state index is -1.22. The summed E-state index contributed by atoms with van der Waals surface area (Å²) in [6.07, 6.45) is 1.51. The van der Waals surface area contributed by atoms with Crippen molar-refractivity contribution in [1.82, 2.24) is 0 Å². The van der Waals surface area contributed by atoms with Crippen molar-refractivity contribution in [1.29, 1.82) is 0 Å². The first-order valence-electron chi connectivity index (χ1n) is 7.54. The van der Waals surface area contributed by atoms with Crippen LogP contribution in [-0.2, 0) is 17.8 Å². The van der Waals surface area contributed by atoms with Crippen LogP contribution in [0.15, 0.2) is 22.6 Å². The zero-order valence-corrected chi connectivity index (χ0v) is 15.2. The van der Waals surface area contributed by atoms with Gasteiger partial charge in [0.1, 0.15) is 16.1 Å². The first-order chi connectivity index (χ1) is 10.1. The highest BCUT2D eigenvalue weighted by Crippen LogP contribution is 2.28. The van der Waals surface area contributed by atoms with Gasteiger partial charge in [-0.15, -0.1) is 0 Å². The second kappa shape index (κ2) is 7.88. The molecule has 5 heteroatoms. The lowest BCUT2D eigenvalue weighted by Crippen LogP contribution is -2.26. The Balaban J connectivity index is 2.70. The molecule has 0 aliphatic carbocycles. The Kier molecular flexibility index (Phi) is 6.75. The fraction of sp³-hybridized carbons (Fsp3) is 0.588. The molecule has 1 aromatic carbocycles. The number of aryl methyl sites for hydroxylation is 1. The molecule has 0 aliphatic rings. The van der Waals surface area contributed by atoms with E-state index in [2.05, 4.69) is 4.40 Å². The first kappa shape index (κ1) is 18.8. The molecule has 0 spiro atoms. The molecule has 0 amide bonds. The largest absolute Gasteiger partial charge is 0.591 e. The normalized spacial score (nSPS) is 14.3. The molecular weight excluding hydrogens is 298 g/mol. The van der Waals surface area contributed by atoms with E-state index in [1.165, 1.54) is 0 Å². The van der Waals surface area contributed by atoms with E-state index in [-0.39, 0.29) is 16.6 Å². The van der Waals surface area contributed by atoms with Crippen LogP contribution in [0.25, 0.3) is 0 Å². The number of phenols is 1. The molecule has 4 nitrogen and oxygen atoms in total. The molecular formula is C17H27NO3S. The van der Waals surface area contributed by atoms with Crippen LogP contribution in [0.1, 0.15) is 53.5 Å². The van der Waals surface area contributed by atoms with Gasteiger partial charge in [0, 0.05) is 0 Å². The van der Waals surface area contributed by atoms with Crippen molar-refractivity contribution in [3.05, 3.63) is 23.8 Å². The third kappa shape index (κ3) is 6.28. The van der Waals surface area contributed by atoms with Crippen LogP contribution in [0.2, 0.25) is 0 Å². The molecule has 1 unspecified atom stereocenters. The van der Waals surface area contributed by atoms with Crippen LogP contribution in [0.4, 0.5) is 0 Å². The van der Waals surface area contributed by atoms with E-state index in [1.54, 1.807) is 6.07 Å². The summed E-state index contributed by atoms with van der Waals surface area (Å²) in [5, 5.41) is 9.78. The highest BCUT2D eigenvalue weighted by molar-refractivity contribution is 7.91. The molecule has 0 radical (unpaired) electrons. The van der Waals surface area contributed by atoms with Gasteiger partial charge in [0.05, 0.1) is 11.8 Å². The van der Waals surface area contributed by atoms with Crippen LogP contribution in [-0.4, -0.2) is 26.2 Å². The Labute approximate surface area is 136 Å². The Bertz CT molecular complexity index is 521. The highest BCUT2D eigenvalue weighted by atomic mass is 32.2. The molecule has 0 saturated heterocycles. The van der Waals surface area contributed by atoms with Gasteiger partial charge in [-0.3, -0.25) is 0 Å². The van der Waals surface area contributed by atoms with Crippen molar-refractivity contribution in [3.63, 3.8) is 0 Å². The third-order valence-corrected chi connectivity index (χ3v) is 4.45. The van der Waals surface area contributed by atoms with Crippen LogP contribution in [0.3, 0.4) is 0 Å². The van der Waals surface area contributed by atoms with E-state index in [0.717, 1.165) is 24.1 Å². The lowest BCUT2D eigenvalue weighted by atomic mass is 10.1. The Hall–Kier alpha value is -1.20. The maximum Gasteiger partial charge on any atom is 0.161 e. The fourth-order valence-corrected chi connectivity index (χ4v) is 2.36. The second-order valence-electron chi connectivity index (χ2n) is 6.66. The predicted molar refractivity (Wildman–Crippen MR) is 93.2 cm³/mol. The zero-order chi connectivity index (χ0) is 16.9. The summed E-state index contributed by atoms with van der Waals surface area (Å²) in [6, 6.07) is 5.37. The van der Waals surface area contributed by atoms with Crippen molar-refractivity contribution < 1.29 is 14.4 Å². The number of hydrogen-bond acceptors (Lipinski definition) is 4. The SMILES string of the molecule is C/C(CCc1ccc(O)c(OC(C)C)c1)=N/[S+]([O-])C(C)(C)C. The number of phenolic OH excluding ortho intramolecular Hbond substituents is 1. The van der Waals surface area contributed by atoms with Crippen LogP contribution in [0, 0.1) is 0 Å². The smallest absolute Gasteiger partial charge is 0.161 e. The minimum Gasteiger partial charge on any atom is -0.591 e. The molecule has 0 heterocycles. The van der Waals surface area contributed by atoms with E-state index in [0.29, 0.717) is 5.75 Å². The molecule has 22 heavy (non-hydrogen) atoms. The number of aromatic hydroxyl groups is 1. The Morgan fingerprint density at radius 1 is 1.36 bits per heavy atom. The van der Waals surface area contributed by atoms with Crippen molar-refractivity contribution >= 4 is 17.1 Å². The van der Waals surface area contributed by atoms with Crippen molar-refractivity contribution in [2.24, 2.45) is 4.40 Å². The molecule has 0 bridgehead atoms. The average molecular weight is 325 g/mol.